The smallest absolute Gasteiger partial charge is 0.0541 e. The Bertz CT molecular complexity index is 3050. The summed E-state index contributed by atoms with van der Waals surface area (Å²) in [5, 5.41) is 5.02. The van der Waals surface area contributed by atoms with Gasteiger partial charge in [-0.25, -0.2) is 0 Å². The Labute approximate surface area is 337 Å². The third-order valence-corrected chi connectivity index (χ3v) is 11.6. The molecule has 0 unspecified atom stereocenters. The second kappa shape index (κ2) is 13.8. The molecule has 0 aliphatic heterocycles. The number of anilines is 3. The molecule has 0 bridgehead atoms. The van der Waals surface area contributed by atoms with E-state index in [2.05, 4.69) is 239 Å². The summed E-state index contributed by atoms with van der Waals surface area (Å²) >= 11 is 0. The summed E-state index contributed by atoms with van der Waals surface area (Å²) in [7, 11) is 0. The SMILES string of the molecule is Cc1ccc(N(c2ccc(-c3ccc4c(c3)c3ccccc3n4-c3ccccc3)cc2)c2ccc(-c3ccc4c(c3)c3ccccc3n4-c3ccccc3)cc2)cc1. The van der Waals surface area contributed by atoms with Crippen molar-refractivity contribution in [1.82, 2.24) is 9.13 Å². The van der Waals surface area contributed by atoms with Crippen LogP contribution in [0.25, 0.3) is 77.2 Å². The molecule has 0 aliphatic rings. The first kappa shape index (κ1) is 33.7. The Hall–Kier alpha value is -7.62. The van der Waals surface area contributed by atoms with Crippen LogP contribution in [0.2, 0.25) is 0 Å². The number of hydrogen-bond acceptors (Lipinski definition) is 1. The van der Waals surface area contributed by atoms with E-state index < -0.39 is 0 Å². The average molecular weight is 742 g/mol. The fourth-order valence-corrected chi connectivity index (χ4v) is 8.76. The van der Waals surface area contributed by atoms with E-state index in [9.17, 15) is 0 Å². The van der Waals surface area contributed by atoms with Crippen LogP contribution in [0.5, 0.6) is 0 Å². The standard InChI is InChI=1S/C55H39N3/c1-38-20-28-45(29-21-38)56(46-30-22-39(23-31-46)41-26-34-54-50(36-41)48-16-8-10-18-52(48)57(54)43-12-4-2-5-13-43)47-32-24-40(25-33-47)42-27-35-55-51(37-42)49-17-9-11-19-53(49)58(55)44-14-6-3-7-15-44/h2-37H,1H3. The zero-order valence-corrected chi connectivity index (χ0v) is 32.1. The molecule has 0 aliphatic carbocycles. The quantitative estimate of drug-likeness (QED) is 0.159. The fourth-order valence-electron chi connectivity index (χ4n) is 8.76. The summed E-state index contributed by atoms with van der Waals surface area (Å²) in [5.41, 5.74) is 16.5. The van der Waals surface area contributed by atoms with Crippen molar-refractivity contribution >= 4 is 60.7 Å². The van der Waals surface area contributed by atoms with E-state index >= 15 is 0 Å². The second-order valence-electron chi connectivity index (χ2n) is 15.1. The summed E-state index contributed by atoms with van der Waals surface area (Å²) in [4.78, 5) is 2.35. The highest BCUT2D eigenvalue weighted by molar-refractivity contribution is 6.11. The van der Waals surface area contributed by atoms with Crippen molar-refractivity contribution < 1.29 is 0 Å². The highest BCUT2D eigenvalue weighted by Crippen LogP contribution is 2.40. The Kier molecular flexibility index (Phi) is 8.04. The highest BCUT2D eigenvalue weighted by Gasteiger charge is 2.17. The zero-order chi connectivity index (χ0) is 38.6. The van der Waals surface area contributed by atoms with Crippen molar-refractivity contribution in [2.45, 2.75) is 6.92 Å². The largest absolute Gasteiger partial charge is 0.311 e. The van der Waals surface area contributed by atoms with Crippen molar-refractivity contribution in [2.75, 3.05) is 4.90 Å². The lowest BCUT2D eigenvalue weighted by molar-refractivity contribution is 1.18. The molecule has 274 valence electrons. The van der Waals surface area contributed by atoms with Gasteiger partial charge in [0.05, 0.1) is 22.1 Å². The number of aromatic nitrogens is 2. The van der Waals surface area contributed by atoms with E-state index in [0.29, 0.717) is 0 Å². The van der Waals surface area contributed by atoms with Gasteiger partial charge in [-0.05, 0) is 126 Å². The Morgan fingerprint density at radius 3 is 1.07 bits per heavy atom. The molecule has 3 nitrogen and oxygen atoms in total. The third kappa shape index (κ3) is 5.67. The van der Waals surface area contributed by atoms with Gasteiger partial charge in [0.2, 0.25) is 0 Å². The Morgan fingerprint density at radius 2 is 0.638 bits per heavy atom. The molecule has 2 aromatic heterocycles. The van der Waals surface area contributed by atoms with Crippen LogP contribution < -0.4 is 4.90 Å². The minimum atomic E-state index is 1.11. The van der Waals surface area contributed by atoms with Gasteiger partial charge in [0.15, 0.2) is 0 Å². The summed E-state index contributed by atoms with van der Waals surface area (Å²) in [6, 6.07) is 79.2. The molecule has 9 aromatic carbocycles. The second-order valence-corrected chi connectivity index (χ2v) is 15.1. The first-order valence-electron chi connectivity index (χ1n) is 19.9. The molecule has 0 saturated heterocycles. The number of para-hydroxylation sites is 4. The van der Waals surface area contributed by atoms with Gasteiger partial charge >= 0.3 is 0 Å². The summed E-state index contributed by atoms with van der Waals surface area (Å²) < 4.78 is 4.73. The Balaban J connectivity index is 0.952. The van der Waals surface area contributed by atoms with Crippen LogP contribution in [0.4, 0.5) is 17.1 Å². The van der Waals surface area contributed by atoms with Crippen molar-refractivity contribution in [3.63, 3.8) is 0 Å². The summed E-state index contributed by atoms with van der Waals surface area (Å²) in [6.07, 6.45) is 0. The van der Waals surface area contributed by atoms with Gasteiger partial charge in [0.25, 0.3) is 0 Å². The number of fused-ring (bicyclic) bond motifs is 6. The molecule has 0 spiro atoms. The number of hydrogen-bond donors (Lipinski definition) is 0. The number of rotatable bonds is 7. The van der Waals surface area contributed by atoms with E-state index in [1.807, 2.05) is 0 Å². The topological polar surface area (TPSA) is 13.1 Å². The normalized spacial score (nSPS) is 11.5. The van der Waals surface area contributed by atoms with Gasteiger partial charge in [-0.15, -0.1) is 0 Å². The maximum atomic E-state index is 2.37. The van der Waals surface area contributed by atoms with Crippen molar-refractivity contribution in [1.29, 1.82) is 0 Å². The maximum Gasteiger partial charge on any atom is 0.0541 e. The lowest BCUT2D eigenvalue weighted by Gasteiger charge is -2.26. The van der Waals surface area contributed by atoms with Crippen LogP contribution in [-0.2, 0) is 0 Å². The fraction of sp³-hybridized carbons (Fsp3) is 0.0182. The molecular formula is C55H39N3. The molecule has 58 heavy (non-hydrogen) atoms. The van der Waals surface area contributed by atoms with E-state index in [0.717, 1.165) is 17.1 Å². The molecule has 0 radical (unpaired) electrons. The van der Waals surface area contributed by atoms with Crippen LogP contribution >= 0.6 is 0 Å². The molecule has 0 amide bonds. The van der Waals surface area contributed by atoms with Gasteiger partial charge in [0, 0.05) is 50.0 Å². The highest BCUT2D eigenvalue weighted by atomic mass is 15.1. The van der Waals surface area contributed by atoms with Gasteiger partial charge in [-0.1, -0.05) is 127 Å². The van der Waals surface area contributed by atoms with Gasteiger partial charge in [-0.2, -0.15) is 0 Å². The minimum absolute atomic E-state index is 1.11. The molecule has 11 rings (SSSR count). The van der Waals surface area contributed by atoms with Crippen LogP contribution in [0.15, 0.2) is 218 Å². The molecule has 3 heteroatoms. The molecule has 11 aromatic rings. The maximum absolute atomic E-state index is 2.37. The predicted octanol–water partition coefficient (Wildman–Crippen LogP) is 15.0. The minimum Gasteiger partial charge on any atom is -0.311 e. The monoisotopic (exact) mass is 741 g/mol. The average Bonchev–Trinajstić information content (AvgIpc) is 3.80. The molecule has 2 heterocycles. The summed E-state index contributed by atoms with van der Waals surface area (Å²) in [5.74, 6) is 0. The van der Waals surface area contributed by atoms with Gasteiger partial charge < -0.3 is 14.0 Å². The molecule has 0 saturated carbocycles. The van der Waals surface area contributed by atoms with Crippen LogP contribution in [0.1, 0.15) is 5.56 Å². The van der Waals surface area contributed by atoms with Gasteiger partial charge in [0.1, 0.15) is 0 Å². The van der Waals surface area contributed by atoms with E-state index in [-0.39, 0.29) is 0 Å². The summed E-state index contributed by atoms with van der Waals surface area (Å²) in [6.45, 7) is 2.14. The van der Waals surface area contributed by atoms with E-state index in [1.165, 1.54) is 82.8 Å². The predicted molar refractivity (Wildman–Crippen MR) is 245 cm³/mol. The lowest BCUT2D eigenvalue weighted by Crippen LogP contribution is -2.09. The third-order valence-electron chi connectivity index (χ3n) is 11.6. The number of nitrogens with zero attached hydrogens (tertiary/aromatic N) is 3. The zero-order valence-electron chi connectivity index (χ0n) is 32.1. The number of aryl methyl sites for hydroxylation is 1. The Morgan fingerprint density at radius 1 is 0.293 bits per heavy atom. The van der Waals surface area contributed by atoms with E-state index in [4.69, 9.17) is 0 Å². The molecular weight excluding hydrogens is 703 g/mol. The number of benzene rings is 9. The lowest BCUT2D eigenvalue weighted by atomic mass is 10.0. The van der Waals surface area contributed by atoms with Crippen LogP contribution in [-0.4, -0.2) is 9.13 Å². The van der Waals surface area contributed by atoms with E-state index in [1.54, 1.807) is 0 Å². The van der Waals surface area contributed by atoms with Gasteiger partial charge in [-0.3, -0.25) is 0 Å². The first-order chi connectivity index (χ1) is 28.7. The first-order valence-corrected chi connectivity index (χ1v) is 19.9. The van der Waals surface area contributed by atoms with Crippen LogP contribution in [0.3, 0.4) is 0 Å². The van der Waals surface area contributed by atoms with Crippen molar-refractivity contribution in [3.8, 4) is 33.6 Å². The molecule has 0 N–H and O–H groups in total. The van der Waals surface area contributed by atoms with Crippen LogP contribution in [0, 0.1) is 6.92 Å². The molecule has 0 atom stereocenters. The van der Waals surface area contributed by atoms with Crippen molar-refractivity contribution in [2.24, 2.45) is 0 Å². The molecule has 0 fully saturated rings. The van der Waals surface area contributed by atoms with Crippen molar-refractivity contribution in [3.05, 3.63) is 224 Å².